The first-order valence-electron chi connectivity index (χ1n) is 9.42. The molecular weight excluding hydrogens is 401 g/mol. The van der Waals surface area contributed by atoms with Crippen molar-refractivity contribution in [3.63, 3.8) is 0 Å². The predicted molar refractivity (Wildman–Crippen MR) is 107 cm³/mol. The van der Waals surface area contributed by atoms with Crippen LogP contribution in [0.2, 0.25) is 0 Å². The molecule has 0 radical (unpaired) electrons. The quantitative estimate of drug-likeness (QED) is 0.416. The second-order valence-corrected chi connectivity index (χ2v) is 7.50. The van der Waals surface area contributed by atoms with Crippen LogP contribution in [0.1, 0.15) is 58.3 Å². The first-order chi connectivity index (χ1) is 10.8. The highest BCUT2D eigenvalue weighted by Gasteiger charge is 2.42. The monoisotopic (exact) mass is 435 g/mol. The summed E-state index contributed by atoms with van der Waals surface area (Å²) in [6.07, 6.45) is 10.9. The largest absolute Gasteiger partial charge is 0.381 e. The van der Waals surface area contributed by atoms with Crippen LogP contribution in [0.3, 0.4) is 0 Å². The van der Waals surface area contributed by atoms with E-state index >= 15 is 0 Å². The summed E-state index contributed by atoms with van der Waals surface area (Å²) in [5.74, 6) is 2.07. The van der Waals surface area contributed by atoms with Crippen LogP contribution >= 0.6 is 24.0 Å². The third-order valence-corrected chi connectivity index (χ3v) is 5.78. The van der Waals surface area contributed by atoms with E-state index in [2.05, 4.69) is 17.1 Å². The summed E-state index contributed by atoms with van der Waals surface area (Å²) in [5, 5.41) is 3.50. The minimum atomic E-state index is 0. The third kappa shape index (κ3) is 5.21. The number of halogens is 1. The second-order valence-electron chi connectivity index (χ2n) is 7.50. The molecule has 1 aliphatic carbocycles. The van der Waals surface area contributed by atoms with Crippen LogP contribution in [0, 0.1) is 11.3 Å². The summed E-state index contributed by atoms with van der Waals surface area (Å²) in [5.41, 5.74) is 0.416. The standard InChI is InChI=1S/C18H33N3O.HI/c1-2-19-17(20-11-8-16-6-4-3-5-7-16)21-12-9-18(14-21)10-13-22-15-18;/h16H,2-15H2,1H3,(H,19,20);1H. The van der Waals surface area contributed by atoms with Crippen molar-refractivity contribution in [3.8, 4) is 0 Å². The van der Waals surface area contributed by atoms with E-state index in [1.807, 2.05) is 0 Å². The summed E-state index contributed by atoms with van der Waals surface area (Å²) >= 11 is 0. The number of rotatable bonds is 4. The highest BCUT2D eigenvalue weighted by atomic mass is 127. The highest BCUT2D eigenvalue weighted by Crippen LogP contribution is 2.38. The molecule has 0 aromatic carbocycles. The number of ether oxygens (including phenoxy) is 1. The number of nitrogens with one attached hydrogen (secondary N) is 1. The second kappa shape index (κ2) is 9.44. The van der Waals surface area contributed by atoms with Gasteiger partial charge < -0.3 is 15.0 Å². The number of guanidine groups is 1. The van der Waals surface area contributed by atoms with E-state index in [9.17, 15) is 0 Å². The van der Waals surface area contributed by atoms with Gasteiger partial charge in [0, 0.05) is 38.2 Å². The van der Waals surface area contributed by atoms with Gasteiger partial charge in [0.2, 0.25) is 0 Å². The molecule has 2 saturated heterocycles. The molecule has 23 heavy (non-hydrogen) atoms. The lowest BCUT2D eigenvalue weighted by atomic mass is 9.87. The van der Waals surface area contributed by atoms with E-state index in [0.29, 0.717) is 5.41 Å². The Morgan fingerprint density at radius 1 is 1.26 bits per heavy atom. The molecule has 1 atom stereocenters. The van der Waals surface area contributed by atoms with Crippen molar-refractivity contribution in [2.45, 2.75) is 58.3 Å². The summed E-state index contributed by atoms with van der Waals surface area (Å²) in [4.78, 5) is 7.41. The maximum absolute atomic E-state index is 5.64. The lowest BCUT2D eigenvalue weighted by molar-refractivity contribution is 0.156. The number of aliphatic imine (C=N–C) groups is 1. The molecule has 1 unspecified atom stereocenters. The van der Waals surface area contributed by atoms with E-state index in [-0.39, 0.29) is 24.0 Å². The average Bonchev–Trinajstić information content (AvgIpc) is 3.18. The Kier molecular flexibility index (Phi) is 7.92. The molecule has 2 heterocycles. The van der Waals surface area contributed by atoms with Gasteiger partial charge in [0.1, 0.15) is 0 Å². The van der Waals surface area contributed by atoms with Crippen LogP contribution in [0.15, 0.2) is 4.99 Å². The van der Waals surface area contributed by atoms with Gasteiger partial charge in [0.05, 0.1) is 6.61 Å². The maximum Gasteiger partial charge on any atom is 0.193 e. The van der Waals surface area contributed by atoms with Crippen LogP contribution in [-0.2, 0) is 4.74 Å². The van der Waals surface area contributed by atoms with Crippen LogP contribution in [-0.4, -0.2) is 50.3 Å². The fourth-order valence-electron chi connectivity index (χ4n) is 4.34. The predicted octanol–water partition coefficient (Wildman–Crippen LogP) is 3.65. The first-order valence-corrected chi connectivity index (χ1v) is 9.42. The molecule has 1 spiro atoms. The van der Waals surface area contributed by atoms with Gasteiger partial charge in [-0.05, 0) is 32.1 Å². The Morgan fingerprint density at radius 2 is 2.09 bits per heavy atom. The SMILES string of the molecule is CCNC(=NCCC1CCCCC1)N1CCC2(CCOC2)C1.I. The van der Waals surface area contributed by atoms with Gasteiger partial charge in [-0.25, -0.2) is 0 Å². The molecule has 4 nitrogen and oxygen atoms in total. The Labute approximate surface area is 158 Å². The average molecular weight is 435 g/mol. The molecule has 0 aromatic heterocycles. The molecule has 134 valence electrons. The zero-order valence-electron chi connectivity index (χ0n) is 14.7. The van der Waals surface area contributed by atoms with Crippen molar-refractivity contribution < 1.29 is 4.74 Å². The summed E-state index contributed by atoms with van der Waals surface area (Å²) in [6.45, 7) is 8.28. The molecule has 0 aromatic rings. The maximum atomic E-state index is 5.64. The molecule has 1 N–H and O–H groups in total. The van der Waals surface area contributed by atoms with Gasteiger partial charge in [-0.2, -0.15) is 0 Å². The minimum absolute atomic E-state index is 0. The van der Waals surface area contributed by atoms with Gasteiger partial charge in [-0.1, -0.05) is 32.1 Å². The van der Waals surface area contributed by atoms with Crippen molar-refractivity contribution in [2.24, 2.45) is 16.3 Å². The molecular formula is C18H34IN3O. The molecule has 3 fully saturated rings. The van der Waals surface area contributed by atoms with Gasteiger partial charge in [-0.15, -0.1) is 24.0 Å². The first kappa shape index (κ1) is 19.3. The Morgan fingerprint density at radius 3 is 2.78 bits per heavy atom. The van der Waals surface area contributed by atoms with Gasteiger partial charge in [-0.3, -0.25) is 4.99 Å². The third-order valence-electron chi connectivity index (χ3n) is 5.78. The minimum Gasteiger partial charge on any atom is -0.381 e. The Bertz CT molecular complexity index is 376. The number of nitrogens with zero attached hydrogens (tertiary/aromatic N) is 2. The lowest BCUT2D eigenvalue weighted by Gasteiger charge is -2.25. The Hall–Kier alpha value is -0.0400. The van der Waals surface area contributed by atoms with Gasteiger partial charge in [0.25, 0.3) is 0 Å². The highest BCUT2D eigenvalue weighted by molar-refractivity contribution is 14.0. The lowest BCUT2D eigenvalue weighted by Crippen LogP contribution is -2.41. The van der Waals surface area contributed by atoms with E-state index in [1.165, 1.54) is 51.4 Å². The van der Waals surface area contributed by atoms with Gasteiger partial charge in [0.15, 0.2) is 5.96 Å². The van der Waals surface area contributed by atoms with Crippen molar-refractivity contribution in [2.75, 3.05) is 39.4 Å². The fourth-order valence-corrected chi connectivity index (χ4v) is 4.34. The summed E-state index contributed by atoms with van der Waals surface area (Å²) < 4.78 is 5.64. The van der Waals surface area contributed by atoms with Crippen LogP contribution in [0.4, 0.5) is 0 Å². The zero-order valence-corrected chi connectivity index (χ0v) is 17.0. The van der Waals surface area contributed by atoms with Crippen molar-refractivity contribution in [1.82, 2.24) is 10.2 Å². The summed E-state index contributed by atoms with van der Waals surface area (Å²) in [7, 11) is 0. The van der Waals surface area contributed by atoms with Gasteiger partial charge >= 0.3 is 0 Å². The normalized spacial score (nSPS) is 29.1. The smallest absolute Gasteiger partial charge is 0.193 e. The topological polar surface area (TPSA) is 36.9 Å². The number of likely N-dealkylation sites (tertiary alicyclic amines) is 1. The van der Waals surface area contributed by atoms with Crippen molar-refractivity contribution in [1.29, 1.82) is 0 Å². The van der Waals surface area contributed by atoms with Crippen LogP contribution in [0.25, 0.3) is 0 Å². The number of hydrogen-bond acceptors (Lipinski definition) is 2. The van der Waals surface area contributed by atoms with Crippen molar-refractivity contribution >= 4 is 29.9 Å². The van der Waals surface area contributed by atoms with E-state index in [0.717, 1.165) is 51.3 Å². The van der Waals surface area contributed by atoms with E-state index in [1.54, 1.807) is 0 Å². The summed E-state index contributed by atoms with van der Waals surface area (Å²) in [6, 6.07) is 0. The van der Waals surface area contributed by atoms with Crippen molar-refractivity contribution in [3.05, 3.63) is 0 Å². The molecule has 0 amide bonds. The van der Waals surface area contributed by atoms with E-state index in [4.69, 9.17) is 9.73 Å². The molecule has 0 bridgehead atoms. The number of hydrogen-bond donors (Lipinski definition) is 1. The molecule has 3 rings (SSSR count). The molecule has 3 aliphatic rings. The van der Waals surface area contributed by atoms with E-state index < -0.39 is 0 Å². The Balaban J connectivity index is 0.00000192. The fraction of sp³-hybridized carbons (Fsp3) is 0.944. The molecule has 2 aliphatic heterocycles. The molecule has 1 saturated carbocycles. The van der Waals surface area contributed by atoms with Crippen LogP contribution < -0.4 is 5.32 Å². The zero-order chi connectivity index (χ0) is 15.3. The molecule has 5 heteroatoms. The van der Waals surface area contributed by atoms with Crippen LogP contribution in [0.5, 0.6) is 0 Å².